The number of carbonyl (C=O) groups excluding carboxylic acids is 1. The van der Waals surface area contributed by atoms with Gasteiger partial charge in [0, 0.05) is 23.8 Å². The van der Waals surface area contributed by atoms with Gasteiger partial charge in [-0.25, -0.2) is 9.97 Å². The van der Waals surface area contributed by atoms with Gasteiger partial charge in [0.15, 0.2) is 0 Å². The van der Waals surface area contributed by atoms with Crippen LogP contribution in [0.2, 0.25) is 5.02 Å². The van der Waals surface area contributed by atoms with Crippen molar-refractivity contribution in [2.45, 2.75) is 25.4 Å². The van der Waals surface area contributed by atoms with E-state index in [1.807, 2.05) is 17.0 Å². The van der Waals surface area contributed by atoms with Gasteiger partial charge in [0.1, 0.15) is 12.4 Å². The zero-order chi connectivity index (χ0) is 16.1. The minimum Gasteiger partial charge on any atom is -0.472 e. The minimum atomic E-state index is -0.0205. The van der Waals surface area contributed by atoms with Gasteiger partial charge in [0.2, 0.25) is 11.8 Å². The summed E-state index contributed by atoms with van der Waals surface area (Å²) in [5.41, 5.74) is 0.971. The van der Waals surface area contributed by atoms with Gasteiger partial charge in [-0.2, -0.15) is 0 Å². The molecule has 1 saturated heterocycles. The molecule has 23 heavy (non-hydrogen) atoms. The number of benzene rings is 1. The number of nitrogens with zero attached hydrogens (tertiary/aromatic N) is 3. The molecule has 0 aliphatic carbocycles. The molecule has 3 rings (SSSR count). The molecule has 6 heteroatoms. The number of likely N-dealkylation sites (tertiary alicyclic amines) is 1. The van der Waals surface area contributed by atoms with Crippen molar-refractivity contribution in [1.29, 1.82) is 0 Å². The SMILES string of the molecule is O=C(Cc1ccc(Cl)cc1)N1CCCC(Oc2ccncn2)C1. The van der Waals surface area contributed by atoms with Crippen molar-refractivity contribution in [3.05, 3.63) is 53.4 Å². The van der Waals surface area contributed by atoms with Gasteiger partial charge in [0.05, 0.1) is 13.0 Å². The van der Waals surface area contributed by atoms with Crippen molar-refractivity contribution in [3.8, 4) is 5.88 Å². The fourth-order valence-electron chi connectivity index (χ4n) is 2.67. The van der Waals surface area contributed by atoms with E-state index in [1.165, 1.54) is 6.33 Å². The molecular formula is C17H18ClN3O2. The summed E-state index contributed by atoms with van der Waals surface area (Å²) in [6, 6.07) is 9.12. The van der Waals surface area contributed by atoms with E-state index in [-0.39, 0.29) is 12.0 Å². The molecule has 1 amide bonds. The van der Waals surface area contributed by atoms with Crippen LogP contribution in [0.4, 0.5) is 0 Å². The van der Waals surface area contributed by atoms with Crippen LogP contribution in [0.5, 0.6) is 5.88 Å². The highest BCUT2D eigenvalue weighted by Gasteiger charge is 2.25. The summed E-state index contributed by atoms with van der Waals surface area (Å²) >= 11 is 5.87. The molecule has 1 atom stereocenters. The second kappa shape index (κ2) is 7.42. The molecule has 1 aliphatic rings. The van der Waals surface area contributed by atoms with E-state index >= 15 is 0 Å². The number of halogens is 1. The molecule has 2 heterocycles. The number of hydrogen-bond donors (Lipinski definition) is 0. The molecule has 1 aromatic heterocycles. The molecule has 0 spiro atoms. The fourth-order valence-corrected chi connectivity index (χ4v) is 2.79. The standard InChI is InChI=1S/C17H18ClN3O2/c18-14-5-3-13(4-6-14)10-17(22)21-9-1-2-15(11-21)23-16-7-8-19-12-20-16/h3-8,12,15H,1-2,9-11H2. The monoisotopic (exact) mass is 331 g/mol. The van der Waals surface area contributed by atoms with Crippen molar-refractivity contribution < 1.29 is 9.53 Å². The second-order valence-corrected chi connectivity index (χ2v) is 6.01. The number of amides is 1. The maximum absolute atomic E-state index is 12.5. The van der Waals surface area contributed by atoms with Gasteiger partial charge >= 0.3 is 0 Å². The van der Waals surface area contributed by atoms with E-state index in [0.717, 1.165) is 24.9 Å². The Hall–Kier alpha value is -2.14. The highest BCUT2D eigenvalue weighted by Crippen LogP contribution is 2.17. The van der Waals surface area contributed by atoms with Gasteiger partial charge in [-0.3, -0.25) is 4.79 Å². The van der Waals surface area contributed by atoms with Crippen molar-refractivity contribution >= 4 is 17.5 Å². The maximum atomic E-state index is 12.5. The molecule has 1 fully saturated rings. The highest BCUT2D eigenvalue weighted by atomic mass is 35.5. The van der Waals surface area contributed by atoms with Gasteiger partial charge < -0.3 is 9.64 Å². The van der Waals surface area contributed by atoms with E-state index < -0.39 is 0 Å². The van der Waals surface area contributed by atoms with Crippen LogP contribution in [0, 0.1) is 0 Å². The molecule has 2 aromatic rings. The Kier molecular flexibility index (Phi) is 5.08. The van der Waals surface area contributed by atoms with Crippen LogP contribution < -0.4 is 4.74 Å². The summed E-state index contributed by atoms with van der Waals surface area (Å²) in [6.07, 6.45) is 5.33. The summed E-state index contributed by atoms with van der Waals surface area (Å²) < 4.78 is 5.84. The number of ether oxygens (including phenoxy) is 1. The smallest absolute Gasteiger partial charge is 0.227 e. The average molecular weight is 332 g/mol. The first-order chi connectivity index (χ1) is 11.2. The molecule has 1 aromatic carbocycles. The largest absolute Gasteiger partial charge is 0.472 e. The third-order valence-electron chi connectivity index (χ3n) is 3.84. The highest BCUT2D eigenvalue weighted by molar-refractivity contribution is 6.30. The molecule has 1 aliphatic heterocycles. The first kappa shape index (κ1) is 15.7. The number of rotatable bonds is 4. The predicted octanol–water partition coefficient (Wildman–Crippen LogP) is 2.74. The summed E-state index contributed by atoms with van der Waals surface area (Å²) in [4.78, 5) is 22.3. The third kappa shape index (κ3) is 4.42. The predicted molar refractivity (Wildman–Crippen MR) is 87.4 cm³/mol. The Morgan fingerprint density at radius 2 is 2.13 bits per heavy atom. The minimum absolute atomic E-state index is 0.0205. The molecule has 120 valence electrons. The van der Waals surface area contributed by atoms with Crippen molar-refractivity contribution in [2.75, 3.05) is 13.1 Å². The van der Waals surface area contributed by atoms with Gasteiger partial charge in [-0.15, -0.1) is 0 Å². The number of aromatic nitrogens is 2. The molecule has 0 N–H and O–H groups in total. The summed E-state index contributed by atoms with van der Waals surface area (Å²) in [5, 5.41) is 0.678. The Morgan fingerprint density at radius 1 is 1.30 bits per heavy atom. The first-order valence-electron chi connectivity index (χ1n) is 7.65. The number of carbonyl (C=O) groups is 1. The van der Waals surface area contributed by atoms with Gasteiger partial charge in [-0.05, 0) is 30.5 Å². The van der Waals surface area contributed by atoms with E-state index in [4.69, 9.17) is 16.3 Å². The molecule has 0 bridgehead atoms. The first-order valence-corrected chi connectivity index (χ1v) is 8.03. The van der Waals surface area contributed by atoms with Crippen LogP contribution in [0.15, 0.2) is 42.9 Å². The van der Waals surface area contributed by atoms with Crippen molar-refractivity contribution in [2.24, 2.45) is 0 Å². The fraction of sp³-hybridized carbons (Fsp3) is 0.353. The van der Waals surface area contributed by atoms with Crippen LogP contribution in [0.3, 0.4) is 0 Å². The summed E-state index contributed by atoms with van der Waals surface area (Å²) in [6.45, 7) is 1.37. The average Bonchev–Trinajstić information content (AvgIpc) is 2.58. The summed E-state index contributed by atoms with van der Waals surface area (Å²) in [7, 11) is 0. The zero-order valence-electron chi connectivity index (χ0n) is 12.7. The molecule has 5 nitrogen and oxygen atoms in total. The zero-order valence-corrected chi connectivity index (χ0v) is 13.4. The van der Waals surface area contributed by atoms with Gasteiger partial charge in [0.25, 0.3) is 0 Å². The topological polar surface area (TPSA) is 55.3 Å². The maximum Gasteiger partial charge on any atom is 0.227 e. The van der Waals surface area contributed by atoms with Crippen LogP contribution in [-0.2, 0) is 11.2 Å². The molecule has 0 radical (unpaired) electrons. The van der Waals surface area contributed by atoms with E-state index in [0.29, 0.717) is 23.9 Å². The van der Waals surface area contributed by atoms with Crippen molar-refractivity contribution in [1.82, 2.24) is 14.9 Å². The van der Waals surface area contributed by atoms with Crippen LogP contribution in [0.25, 0.3) is 0 Å². The molecule has 0 saturated carbocycles. The van der Waals surface area contributed by atoms with Crippen LogP contribution in [-0.4, -0.2) is 40.0 Å². The number of piperidine rings is 1. The van der Waals surface area contributed by atoms with Crippen LogP contribution >= 0.6 is 11.6 Å². The van der Waals surface area contributed by atoms with E-state index in [9.17, 15) is 4.79 Å². The Bertz CT molecular complexity index is 649. The normalized spacial score (nSPS) is 17.8. The van der Waals surface area contributed by atoms with Crippen molar-refractivity contribution in [3.63, 3.8) is 0 Å². The lowest BCUT2D eigenvalue weighted by atomic mass is 10.1. The Labute approximate surface area is 140 Å². The lowest BCUT2D eigenvalue weighted by Crippen LogP contribution is -2.45. The van der Waals surface area contributed by atoms with Gasteiger partial charge in [-0.1, -0.05) is 23.7 Å². The quantitative estimate of drug-likeness (QED) is 0.864. The molecular weight excluding hydrogens is 314 g/mol. The summed E-state index contributed by atoms with van der Waals surface area (Å²) in [5.74, 6) is 0.667. The third-order valence-corrected chi connectivity index (χ3v) is 4.09. The number of hydrogen-bond acceptors (Lipinski definition) is 4. The lowest BCUT2D eigenvalue weighted by molar-refractivity contribution is -0.133. The Morgan fingerprint density at radius 3 is 2.87 bits per heavy atom. The van der Waals surface area contributed by atoms with E-state index in [1.54, 1.807) is 24.4 Å². The van der Waals surface area contributed by atoms with Crippen LogP contribution in [0.1, 0.15) is 18.4 Å². The molecule has 1 unspecified atom stereocenters. The lowest BCUT2D eigenvalue weighted by Gasteiger charge is -2.32. The second-order valence-electron chi connectivity index (χ2n) is 5.57. The Balaban J connectivity index is 1.57. The van der Waals surface area contributed by atoms with E-state index in [2.05, 4.69) is 9.97 Å².